The molecular formula is C12H21NO4. The van der Waals surface area contributed by atoms with E-state index in [-0.39, 0.29) is 12.1 Å². The molecule has 1 atom stereocenters. The zero-order valence-corrected chi connectivity index (χ0v) is 11.1. The van der Waals surface area contributed by atoms with Crippen molar-refractivity contribution < 1.29 is 19.3 Å². The fourth-order valence-electron chi connectivity index (χ4n) is 1.65. The van der Waals surface area contributed by atoms with Gasteiger partial charge in [-0.2, -0.15) is 0 Å². The molecule has 0 saturated heterocycles. The molecule has 0 fully saturated rings. The van der Waals surface area contributed by atoms with E-state index in [0.29, 0.717) is 13.2 Å². The van der Waals surface area contributed by atoms with Crippen molar-refractivity contribution in [3.05, 3.63) is 11.6 Å². The molecule has 0 spiro atoms. The van der Waals surface area contributed by atoms with Gasteiger partial charge in [-0.1, -0.05) is 11.6 Å². The first kappa shape index (κ1) is 14.0. The van der Waals surface area contributed by atoms with Gasteiger partial charge in [0.2, 0.25) is 0 Å². The maximum Gasteiger partial charge on any atom is 0.411 e. The second-order valence-corrected chi connectivity index (χ2v) is 5.14. The Morgan fingerprint density at radius 1 is 1.53 bits per heavy atom. The van der Waals surface area contributed by atoms with Crippen LogP contribution in [0.5, 0.6) is 0 Å². The van der Waals surface area contributed by atoms with Crippen LogP contribution in [0.3, 0.4) is 0 Å². The minimum absolute atomic E-state index is 0.121. The summed E-state index contributed by atoms with van der Waals surface area (Å²) in [6, 6.07) is -0.121. The molecule has 0 aromatic carbocycles. The van der Waals surface area contributed by atoms with Crippen LogP contribution in [0.15, 0.2) is 11.6 Å². The maximum absolute atomic E-state index is 12.0. The van der Waals surface area contributed by atoms with Crippen molar-refractivity contribution in [2.75, 3.05) is 20.3 Å². The smallest absolute Gasteiger partial charge is 0.411 e. The van der Waals surface area contributed by atoms with Crippen molar-refractivity contribution in [3.8, 4) is 0 Å². The molecule has 1 rings (SSSR count). The zero-order chi connectivity index (χ0) is 13.1. The number of carbonyl (C=O) groups excluding carboxylic acids is 1. The third-order valence-electron chi connectivity index (χ3n) is 2.28. The predicted molar refractivity (Wildman–Crippen MR) is 63.4 cm³/mol. The summed E-state index contributed by atoms with van der Waals surface area (Å²) < 4.78 is 5.34. The molecule has 0 radical (unpaired) electrons. The molecule has 5 heteroatoms. The van der Waals surface area contributed by atoms with Crippen LogP contribution in [0.1, 0.15) is 27.7 Å². The molecular weight excluding hydrogens is 222 g/mol. The first-order valence-electron chi connectivity index (χ1n) is 5.66. The summed E-state index contributed by atoms with van der Waals surface area (Å²) >= 11 is 0. The van der Waals surface area contributed by atoms with Gasteiger partial charge in [0.05, 0.1) is 13.2 Å². The summed E-state index contributed by atoms with van der Waals surface area (Å²) in [5, 5.41) is 0. The second kappa shape index (κ2) is 5.51. The van der Waals surface area contributed by atoms with Crippen LogP contribution < -0.4 is 0 Å². The lowest BCUT2D eigenvalue weighted by molar-refractivity contribution is -0.276. The van der Waals surface area contributed by atoms with E-state index < -0.39 is 5.60 Å². The summed E-state index contributed by atoms with van der Waals surface area (Å²) in [6.45, 7) is 8.41. The van der Waals surface area contributed by atoms with Crippen molar-refractivity contribution in [1.29, 1.82) is 0 Å². The Bertz CT molecular complexity index is 306. The van der Waals surface area contributed by atoms with Crippen molar-refractivity contribution in [1.82, 2.24) is 4.90 Å². The van der Waals surface area contributed by atoms with Crippen molar-refractivity contribution >= 4 is 6.09 Å². The quantitative estimate of drug-likeness (QED) is 0.433. The second-order valence-electron chi connectivity index (χ2n) is 5.14. The number of amides is 1. The molecule has 5 nitrogen and oxygen atoms in total. The summed E-state index contributed by atoms with van der Waals surface area (Å²) in [5.74, 6) is 0. The van der Waals surface area contributed by atoms with Crippen LogP contribution in [-0.2, 0) is 14.5 Å². The minimum atomic E-state index is -0.486. The third kappa shape index (κ3) is 4.36. The van der Waals surface area contributed by atoms with Crippen LogP contribution in [-0.4, -0.2) is 42.9 Å². The summed E-state index contributed by atoms with van der Waals surface area (Å²) in [6.07, 6.45) is 1.67. The van der Waals surface area contributed by atoms with E-state index >= 15 is 0 Å². The van der Waals surface area contributed by atoms with Gasteiger partial charge in [0, 0.05) is 6.54 Å². The predicted octanol–water partition coefficient (Wildman–Crippen LogP) is 2.13. The molecule has 17 heavy (non-hydrogen) atoms. The van der Waals surface area contributed by atoms with E-state index in [1.807, 2.05) is 33.8 Å². The molecule has 0 unspecified atom stereocenters. The molecule has 1 aliphatic rings. The molecule has 0 aromatic rings. The van der Waals surface area contributed by atoms with Gasteiger partial charge in [0.1, 0.15) is 12.2 Å². The highest BCUT2D eigenvalue weighted by molar-refractivity contribution is 5.70. The van der Waals surface area contributed by atoms with Crippen molar-refractivity contribution in [2.45, 2.75) is 39.3 Å². The lowest BCUT2D eigenvalue weighted by Crippen LogP contribution is -2.42. The summed E-state index contributed by atoms with van der Waals surface area (Å²) in [7, 11) is 1.45. The maximum atomic E-state index is 12.0. The van der Waals surface area contributed by atoms with Gasteiger partial charge in [0.25, 0.3) is 0 Å². The Labute approximate surface area is 102 Å². The fourth-order valence-corrected chi connectivity index (χ4v) is 1.65. The molecule has 0 bridgehead atoms. The Balaban J connectivity index is 2.60. The van der Waals surface area contributed by atoms with Crippen LogP contribution in [0.2, 0.25) is 0 Å². The Morgan fingerprint density at radius 2 is 2.18 bits per heavy atom. The Hall–Kier alpha value is -1.07. The summed E-state index contributed by atoms with van der Waals surface area (Å²) in [4.78, 5) is 23.0. The van der Waals surface area contributed by atoms with E-state index in [1.54, 1.807) is 4.90 Å². The average molecular weight is 243 g/mol. The first-order chi connectivity index (χ1) is 7.83. The largest absolute Gasteiger partial charge is 0.444 e. The molecule has 0 saturated carbocycles. The molecule has 1 heterocycles. The number of rotatable bonds is 3. The highest BCUT2D eigenvalue weighted by Crippen LogP contribution is 2.20. The van der Waals surface area contributed by atoms with Gasteiger partial charge < -0.3 is 4.74 Å². The molecule has 1 amide bonds. The molecule has 0 N–H and O–H groups in total. The minimum Gasteiger partial charge on any atom is -0.444 e. The van der Waals surface area contributed by atoms with Crippen molar-refractivity contribution in [3.63, 3.8) is 0 Å². The van der Waals surface area contributed by atoms with Gasteiger partial charge in [-0.25, -0.2) is 14.6 Å². The fraction of sp³-hybridized carbons (Fsp3) is 0.750. The van der Waals surface area contributed by atoms with Gasteiger partial charge >= 0.3 is 6.09 Å². The number of ether oxygens (including phenoxy) is 1. The number of hydrogen-bond donors (Lipinski definition) is 0. The highest BCUT2D eigenvalue weighted by Gasteiger charge is 2.31. The SMILES string of the molecule is COOC[C@@H]1C=C(C)CN1C(=O)OC(C)(C)C. The first-order valence-corrected chi connectivity index (χ1v) is 5.66. The zero-order valence-electron chi connectivity index (χ0n) is 11.1. The lowest BCUT2D eigenvalue weighted by Gasteiger charge is -2.28. The lowest BCUT2D eigenvalue weighted by atomic mass is 10.2. The normalized spacial score (nSPS) is 20.4. The van der Waals surface area contributed by atoms with Gasteiger partial charge in [-0.05, 0) is 27.7 Å². The topological polar surface area (TPSA) is 48.0 Å². The Morgan fingerprint density at radius 3 is 2.71 bits per heavy atom. The van der Waals surface area contributed by atoms with E-state index in [1.165, 1.54) is 7.11 Å². The van der Waals surface area contributed by atoms with Gasteiger partial charge in [-0.3, -0.25) is 4.90 Å². The molecule has 1 aliphatic heterocycles. The number of carbonyl (C=O) groups is 1. The molecule has 0 aromatic heterocycles. The molecule has 0 aliphatic carbocycles. The van der Waals surface area contributed by atoms with E-state index in [2.05, 4.69) is 4.89 Å². The van der Waals surface area contributed by atoms with Crippen LogP contribution in [0.25, 0.3) is 0 Å². The van der Waals surface area contributed by atoms with E-state index in [0.717, 1.165) is 5.57 Å². The van der Waals surface area contributed by atoms with E-state index in [4.69, 9.17) is 9.62 Å². The summed E-state index contributed by atoms with van der Waals surface area (Å²) in [5.41, 5.74) is 0.640. The monoisotopic (exact) mass is 243 g/mol. The van der Waals surface area contributed by atoms with Gasteiger partial charge in [0.15, 0.2) is 0 Å². The Kier molecular flexibility index (Phi) is 4.54. The number of nitrogens with zero attached hydrogens (tertiary/aromatic N) is 1. The highest BCUT2D eigenvalue weighted by atomic mass is 17.2. The van der Waals surface area contributed by atoms with Crippen LogP contribution >= 0.6 is 0 Å². The van der Waals surface area contributed by atoms with Gasteiger partial charge in [-0.15, -0.1) is 0 Å². The van der Waals surface area contributed by atoms with Crippen molar-refractivity contribution in [2.24, 2.45) is 0 Å². The molecule has 98 valence electrons. The van der Waals surface area contributed by atoms with Crippen LogP contribution in [0, 0.1) is 0 Å². The number of hydrogen-bond acceptors (Lipinski definition) is 4. The van der Waals surface area contributed by atoms with E-state index in [9.17, 15) is 4.79 Å². The van der Waals surface area contributed by atoms with Crippen LogP contribution in [0.4, 0.5) is 4.79 Å². The standard InChI is InChI=1S/C12H21NO4/c1-9-6-10(8-16-15-5)13(7-9)11(14)17-12(2,3)4/h6,10H,7-8H2,1-5H3/t10-/m0/s1. The average Bonchev–Trinajstić information content (AvgIpc) is 2.54. The third-order valence-corrected chi connectivity index (χ3v) is 2.28.